The molecule has 0 rings (SSSR count). The highest BCUT2D eigenvalue weighted by Gasteiger charge is 2.19. The maximum Gasteiger partial charge on any atom is 0.306 e. The van der Waals surface area contributed by atoms with Crippen molar-refractivity contribution >= 4 is 17.9 Å². The second kappa shape index (κ2) is 38.2. The van der Waals surface area contributed by atoms with Gasteiger partial charge in [-0.15, -0.1) is 0 Å². The van der Waals surface area contributed by atoms with Gasteiger partial charge in [0.1, 0.15) is 13.2 Å². The predicted molar refractivity (Wildman–Crippen MR) is 205 cm³/mol. The zero-order valence-electron chi connectivity index (χ0n) is 31.9. The van der Waals surface area contributed by atoms with Crippen LogP contribution in [0.15, 0.2) is 48.6 Å². The molecule has 0 aromatic rings. The van der Waals surface area contributed by atoms with Crippen LogP contribution in [0.3, 0.4) is 0 Å². The average Bonchev–Trinajstić information content (AvgIpc) is 3.10. The van der Waals surface area contributed by atoms with Crippen molar-refractivity contribution in [2.24, 2.45) is 0 Å². The topological polar surface area (TPSA) is 78.9 Å². The monoisotopic (exact) mass is 687 g/mol. The molecule has 0 bridgehead atoms. The third-order valence-corrected chi connectivity index (χ3v) is 8.29. The van der Waals surface area contributed by atoms with Crippen LogP contribution < -0.4 is 0 Å². The lowest BCUT2D eigenvalue weighted by atomic mass is 10.1. The van der Waals surface area contributed by atoms with Crippen molar-refractivity contribution in [3.63, 3.8) is 0 Å². The van der Waals surface area contributed by atoms with Gasteiger partial charge in [-0.2, -0.15) is 0 Å². The Morgan fingerprint density at radius 3 is 1.35 bits per heavy atom. The number of carbonyl (C=O) groups excluding carboxylic acids is 3. The predicted octanol–water partition coefficient (Wildman–Crippen LogP) is 12.4. The van der Waals surface area contributed by atoms with E-state index in [1.807, 2.05) is 0 Å². The van der Waals surface area contributed by atoms with Crippen LogP contribution in [0, 0.1) is 0 Å². The van der Waals surface area contributed by atoms with E-state index in [1.165, 1.54) is 51.4 Å². The van der Waals surface area contributed by atoms with Crippen molar-refractivity contribution in [1.29, 1.82) is 0 Å². The van der Waals surface area contributed by atoms with Gasteiger partial charge in [0, 0.05) is 19.3 Å². The smallest absolute Gasteiger partial charge is 0.306 e. The lowest BCUT2D eigenvalue weighted by molar-refractivity contribution is -0.167. The van der Waals surface area contributed by atoms with E-state index in [2.05, 4.69) is 69.4 Å². The summed E-state index contributed by atoms with van der Waals surface area (Å²) in [5.41, 5.74) is 0. The molecule has 0 amide bonds. The van der Waals surface area contributed by atoms with Crippen LogP contribution in [0.4, 0.5) is 0 Å². The van der Waals surface area contributed by atoms with E-state index in [0.717, 1.165) is 96.3 Å². The van der Waals surface area contributed by atoms with Gasteiger partial charge in [0.05, 0.1) is 0 Å². The molecule has 0 saturated carbocycles. The van der Waals surface area contributed by atoms with Crippen LogP contribution in [-0.2, 0) is 28.6 Å². The molecule has 0 fully saturated rings. The third-order valence-electron chi connectivity index (χ3n) is 8.29. The first-order valence-electron chi connectivity index (χ1n) is 20.1. The van der Waals surface area contributed by atoms with Gasteiger partial charge in [-0.1, -0.05) is 127 Å². The van der Waals surface area contributed by atoms with Crippen LogP contribution in [0.5, 0.6) is 0 Å². The third kappa shape index (κ3) is 36.5. The first-order valence-corrected chi connectivity index (χ1v) is 20.1. The Labute approximate surface area is 301 Å². The van der Waals surface area contributed by atoms with Crippen LogP contribution in [-0.4, -0.2) is 37.2 Å². The number of allylic oxidation sites excluding steroid dienone is 8. The highest BCUT2D eigenvalue weighted by molar-refractivity contribution is 5.71. The number of rotatable bonds is 35. The van der Waals surface area contributed by atoms with Gasteiger partial charge in [-0.05, 0) is 89.9 Å². The molecule has 0 heterocycles. The Kier molecular flexibility index (Phi) is 36.1. The highest BCUT2D eigenvalue weighted by Crippen LogP contribution is 2.12. The average molecular weight is 687 g/mol. The normalized spacial score (nSPS) is 12.5. The summed E-state index contributed by atoms with van der Waals surface area (Å²) in [5.74, 6) is -0.963. The van der Waals surface area contributed by atoms with Gasteiger partial charge >= 0.3 is 17.9 Å². The summed E-state index contributed by atoms with van der Waals surface area (Å²) in [4.78, 5) is 37.4. The maximum absolute atomic E-state index is 12.6. The molecule has 0 saturated heterocycles. The molecule has 0 aliphatic carbocycles. The minimum atomic E-state index is -0.789. The number of hydrogen-bond acceptors (Lipinski definition) is 6. The van der Waals surface area contributed by atoms with Crippen molar-refractivity contribution in [3.8, 4) is 0 Å². The minimum absolute atomic E-state index is 0.0932. The standard InChI is InChI=1S/C43H74O6/c1-4-7-10-13-16-19-21-22-25-27-30-33-36-42(45)48-39-40(38-47-41(44)35-32-29-26-23-18-15-12-9-6-3)49-43(46)37-34-31-28-24-20-17-14-11-8-5-2/h9,12,14,16-19,23,40H,4-8,10-11,13,15,20-22,24-39H2,1-3H3/b12-9-,17-14-,19-16-,23-18-. The van der Waals surface area contributed by atoms with Crippen molar-refractivity contribution in [2.45, 2.75) is 194 Å². The number of ether oxygens (including phenoxy) is 3. The zero-order chi connectivity index (χ0) is 35.9. The van der Waals surface area contributed by atoms with Crippen LogP contribution >= 0.6 is 0 Å². The van der Waals surface area contributed by atoms with E-state index in [-0.39, 0.29) is 31.1 Å². The molecule has 0 aromatic heterocycles. The van der Waals surface area contributed by atoms with Crippen molar-refractivity contribution in [1.82, 2.24) is 0 Å². The number of esters is 3. The van der Waals surface area contributed by atoms with E-state index < -0.39 is 6.10 Å². The SMILES string of the molecule is CC/C=C\C/C=C\CCCCC(=O)OCC(COC(=O)CCCCCCC/C=C\CCCCC)OC(=O)CCCCCC/C=C\CCCC. The first-order chi connectivity index (χ1) is 24.0. The molecule has 6 heteroatoms. The summed E-state index contributed by atoms with van der Waals surface area (Å²) >= 11 is 0. The fourth-order valence-electron chi connectivity index (χ4n) is 5.22. The molecule has 282 valence electrons. The summed E-state index contributed by atoms with van der Waals surface area (Å²) in [5, 5.41) is 0. The van der Waals surface area contributed by atoms with E-state index in [1.54, 1.807) is 0 Å². The Bertz CT molecular complexity index is 887. The quantitative estimate of drug-likeness (QED) is 0.0286. The van der Waals surface area contributed by atoms with E-state index in [0.29, 0.717) is 19.3 Å². The van der Waals surface area contributed by atoms with Gasteiger partial charge in [-0.3, -0.25) is 14.4 Å². The Morgan fingerprint density at radius 2 is 0.816 bits per heavy atom. The van der Waals surface area contributed by atoms with E-state index in [9.17, 15) is 14.4 Å². The van der Waals surface area contributed by atoms with Gasteiger partial charge < -0.3 is 14.2 Å². The van der Waals surface area contributed by atoms with Gasteiger partial charge in [-0.25, -0.2) is 0 Å². The minimum Gasteiger partial charge on any atom is -0.462 e. The van der Waals surface area contributed by atoms with Crippen LogP contribution in [0.25, 0.3) is 0 Å². The van der Waals surface area contributed by atoms with E-state index in [4.69, 9.17) is 14.2 Å². The fraction of sp³-hybridized carbons (Fsp3) is 0.744. The molecule has 0 radical (unpaired) electrons. The number of hydrogen-bond donors (Lipinski definition) is 0. The molecule has 0 spiro atoms. The van der Waals surface area contributed by atoms with Crippen molar-refractivity contribution in [2.75, 3.05) is 13.2 Å². The lowest BCUT2D eigenvalue weighted by Gasteiger charge is -2.18. The summed E-state index contributed by atoms with van der Waals surface area (Å²) in [6, 6.07) is 0. The molecule has 0 aromatic carbocycles. The molecule has 1 atom stereocenters. The van der Waals surface area contributed by atoms with Gasteiger partial charge in [0.15, 0.2) is 6.10 Å². The molecule has 0 aliphatic heterocycles. The fourth-order valence-corrected chi connectivity index (χ4v) is 5.22. The number of unbranched alkanes of at least 4 members (excludes halogenated alkanes) is 16. The van der Waals surface area contributed by atoms with Crippen molar-refractivity contribution in [3.05, 3.63) is 48.6 Å². The lowest BCUT2D eigenvalue weighted by Crippen LogP contribution is -2.30. The summed E-state index contributed by atoms with van der Waals surface area (Å²) in [6.45, 7) is 6.36. The first kappa shape index (κ1) is 46.4. The highest BCUT2D eigenvalue weighted by atomic mass is 16.6. The van der Waals surface area contributed by atoms with Gasteiger partial charge in [0.2, 0.25) is 0 Å². The second-order valence-corrected chi connectivity index (χ2v) is 13.2. The summed E-state index contributed by atoms with van der Waals surface area (Å²) in [7, 11) is 0. The summed E-state index contributed by atoms with van der Waals surface area (Å²) < 4.78 is 16.5. The molecule has 0 aliphatic rings. The molecule has 49 heavy (non-hydrogen) atoms. The van der Waals surface area contributed by atoms with Crippen LogP contribution in [0.2, 0.25) is 0 Å². The number of carbonyl (C=O) groups is 3. The maximum atomic E-state index is 12.6. The van der Waals surface area contributed by atoms with E-state index >= 15 is 0 Å². The Morgan fingerprint density at radius 1 is 0.429 bits per heavy atom. The van der Waals surface area contributed by atoms with Crippen LogP contribution in [0.1, 0.15) is 188 Å². The Balaban J connectivity index is 4.43. The van der Waals surface area contributed by atoms with Gasteiger partial charge in [0.25, 0.3) is 0 Å². The largest absolute Gasteiger partial charge is 0.462 e. The summed E-state index contributed by atoms with van der Waals surface area (Å²) in [6.07, 6.45) is 42.5. The Hall–Kier alpha value is -2.63. The molecular weight excluding hydrogens is 612 g/mol. The second-order valence-electron chi connectivity index (χ2n) is 13.2. The molecule has 0 N–H and O–H groups in total. The zero-order valence-corrected chi connectivity index (χ0v) is 31.9. The molecule has 1 unspecified atom stereocenters. The van der Waals surface area contributed by atoms with Crippen molar-refractivity contribution < 1.29 is 28.6 Å². The molecular formula is C43H74O6. The molecule has 6 nitrogen and oxygen atoms in total.